The van der Waals surface area contributed by atoms with Crippen LogP contribution in [0.4, 0.5) is 10.1 Å². The van der Waals surface area contributed by atoms with Crippen LogP contribution < -0.4 is 5.32 Å². The van der Waals surface area contributed by atoms with E-state index in [9.17, 15) is 9.18 Å². The Labute approximate surface area is 114 Å². The van der Waals surface area contributed by atoms with E-state index in [1.165, 1.54) is 13.2 Å². The summed E-state index contributed by atoms with van der Waals surface area (Å²) in [4.78, 5) is 11.7. The molecule has 0 bridgehead atoms. The average Bonchev–Trinajstić information content (AvgIpc) is 3.17. The summed E-state index contributed by atoms with van der Waals surface area (Å²) in [5, 5.41) is 3.29. The molecule has 0 atom stereocenters. The lowest BCUT2D eigenvalue weighted by Crippen LogP contribution is -2.13. The average molecular weight is 316 g/mol. The molecule has 0 aromatic heterocycles. The molecule has 1 saturated carbocycles. The first-order valence-electron chi connectivity index (χ1n) is 5.94. The van der Waals surface area contributed by atoms with Gasteiger partial charge in [0.15, 0.2) is 0 Å². The van der Waals surface area contributed by atoms with Gasteiger partial charge >= 0.3 is 5.97 Å². The van der Waals surface area contributed by atoms with E-state index in [1.807, 2.05) is 6.92 Å². The molecule has 0 aliphatic heterocycles. The Bertz CT molecular complexity index is 486. The minimum atomic E-state index is -0.515. The number of hydrogen-bond donors (Lipinski definition) is 1. The quantitative estimate of drug-likeness (QED) is 0.864. The van der Waals surface area contributed by atoms with Crippen LogP contribution in [0.2, 0.25) is 0 Å². The third-order valence-corrected chi connectivity index (χ3v) is 3.86. The van der Waals surface area contributed by atoms with Crippen LogP contribution in [0.1, 0.15) is 35.7 Å². The number of anilines is 1. The lowest BCUT2D eigenvalue weighted by atomic mass is 10.0. The van der Waals surface area contributed by atoms with Gasteiger partial charge in [-0.1, -0.05) is 6.92 Å². The fourth-order valence-corrected chi connectivity index (χ4v) is 2.47. The summed E-state index contributed by atoms with van der Waals surface area (Å²) in [6, 6.07) is 1.61. The van der Waals surface area contributed by atoms with Crippen molar-refractivity contribution >= 4 is 27.6 Å². The summed E-state index contributed by atoms with van der Waals surface area (Å²) in [5.74, 6) is -0.951. The van der Waals surface area contributed by atoms with E-state index >= 15 is 0 Å². The number of carbonyl (C=O) groups is 1. The summed E-state index contributed by atoms with van der Waals surface area (Å²) in [7, 11) is 1.30. The van der Waals surface area contributed by atoms with E-state index in [-0.39, 0.29) is 5.56 Å². The van der Waals surface area contributed by atoms with Crippen molar-refractivity contribution in [3.8, 4) is 0 Å². The predicted molar refractivity (Wildman–Crippen MR) is 71.5 cm³/mol. The molecular formula is C13H15BrFNO2. The first kappa shape index (κ1) is 13.3. The first-order valence-corrected chi connectivity index (χ1v) is 6.73. The van der Waals surface area contributed by atoms with Gasteiger partial charge in [-0.15, -0.1) is 0 Å². The largest absolute Gasteiger partial charge is 0.465 e. The molecule has 0 amide bonds. The van der Waals surface area contributed by atoms with Crippen molar-refractivity contribution in [2.45, 2.75) is 32.2 Å². The van der Waals surface area contributed by atoms with E-state index in [0.29, 0.717) is 22.6 Å². The molecule has 0 unspecified atom stereocenters. The Morgan fingerprint density at radius 3 is 2.78 bits per heavy atom. The number of nitrogens with one attached hydrogen (secondary N) is 1. The number of hydrogen-bond acceptors (Lipinski definition) is 3. The van der Waals surface area contributed by atoms with Gasteiger partial charge in [0, 0.05) is 6.04 Å². The topological polar surface area (TPSA) is 38.3 Å². The van der Waals surface area contributed by atoms with Crippen molar-refractivity contribution in [3.05, 3.63) is 27.5 Å². The fraction of sp³-hybridized carbons (Fsp3) is 0.462. The maximum absolute atomic E-state index is 13.8. The van der Waals surface area contributed by atoms with E-state index in [4.69, 9.17) is 4.74 Å². The van der Waals surface area contributed by atoms with E-state index in [0.717, 1.165) is 18.4 Å². The molecule has 0 spiro atoms. The number of ether oxygens (including phenoxy) is 1. The van der Waals surface area contributed by atoms with E-state index in [2.05, 4.69) is 21.2 Å². The zero-order valence-electron chi connectivity index (χ0n) is 10.3. The van der Waals surface area contributed by atoms with Gasteiger partial charge in [-0.05, 0) is 46.8 Å². The van der Waals surface area contributed by atoms with Gasteiger partial charge in [0.25, 0.3) is 0 Å². The number of carbonyl (C=O) groups excluding carboxylic acids is 1. The number of benzene rings is 1. The number of methoxy groups -OCH3 is 1. The number of esters is 1. The Hall–Kier alpha value is -1.10. The van der Waals surface area contributed by atoms with Crippen LogP contribution in [0.25, 0.3) is 0 Å². The van der Waals surface area contributed by atoms with Crippen LogP contribution in [-0.2, 0) is 11.2 Å². The highest BCUT2D eigenvalue weighted by atomic mass is 79.9. The third-order valence-electron chi connectivity index (χ3n) is 3.00. The minimum Gasteiger partial charge on any atom is -0.465 e. The van der Waals surface area contributed by atoms with Crippen LogP contribution in [0, 0.1) is 5.82 Å². The first-order chi connectivity index (χ1) is 8.58. The summed E-state index contributed by atoms with van der Waals surface area (Å²) in [5.41, 5.74) is 1.74. The highest BCUT2D eigenvalue weighted by molar-refractivity contribution is 9.10. The maximum Gasteiger partial charge on any atom is 0.340 e. The molecule has 2 rings (SSSR count). The molecule has 18 heavy (non-hydrogen) atoms. The molecule has 1 fully saturated rings. The van der Waals surface area contributed by atoms with Gasteiger partial charge in [0.1, 0.15) is 5.82 Å². The molecular weight excluding hydrogens is 301 g/mol. The maximum atomic E-state index is 13.8. The highest BCUT2D eigenvalue weighted by Crippen LogP contribution is 2.35. The molecule has 0 heterocycles. The van der Waals surface area contributed by atoms with Crippen molar-refractivity contribution < 1.29 is 13.9 Å². The molecule has 5 heteroatoms. The Morgan fingerprint density at radius 1 is 1.61 bits per heavy atom. The predicted octanol–water partition coefficient (Wildman–Crippen LogP) is 3.51. The fourth-order valence-electron chi connectivity index (χ4n) is 1.88. The molecule has 98 valence electrons. The Balaban J connectivity index is 2.54. The van der Waals surface area contributed by atoms with Crippen molar-refractivity contribution in [1.29, 1.82) is 0 Å². The van der Waals surface area contributed by atoms with Crippen molar-refractivity contribution in [3.63, 3.8) is 0 Å². The smallest absolute Gasteiger partial charge is 0.340 e. The summed E-state index contributed by atoms with van der Waals surface area (Å²) in [6.07, 6.45) is 2.80. The zero-order chi connectivity index (χ0) is 13.3. The van der Waals surface area contributed by atoms with Gasteiger partial charge in [-0.2, -0.15) is 0 Å². The van der Waals surface area contributed by atoms with Gasteiger partial charge in [0.2, 0.25) is 0 Å². The van der Waals surface area contributed by atoms with Gasteiger partial charge in [0.05, 0.1) is 22.8 Å². The standard InChI is InChI=1S/C13H15BrFNO2/c1-3-8-11(14)10(15)6-9(13(17)18-2)12(8)16-7-4-5-7/h6-7,16H,3-5H2,1-2H3. The normalized spacial score (nSPS) is 14.4. The molecule has 1 aromatic rings. The van der Waals surface area contributed by atoms with E-state index < -0.39 is 11.8 Å². The zero-order valence-corrected chi connectivity index (χ0v) is 11.9. The van der Waals surface area contributed by atoms with Gasteiger partial charge in [-0.3, -0.25) is 0 Å². The van der Waals surface area contributed by atoms with Crippen molar-refractivity contribution in [2.75, 3.05) is 12.4 Å². The lowest BCUT2D eigenvalue weighted by Gasteiger charge is -2.16. The molecule has 1 aliphatic carbocycles. The third kappa shape index (κ3) is 2.51. The summed E-state index contributed by atoms with van der Waals surface area (Å²) >= 11 is 3.24. The molecule has 1 aliphatic rings. The van der Waals surface area contributed by atoms with Crippen LogP contribution >= 0.6 is 15.9 Å². The molecule has 3 nitrogen and oxygen atoms in total. The molecule has 0 saturated heterocycles. The molecule has 0 radical (unpaired) electrons. The minimum absolute atomic E-state index is 0.266. The SMILES string of the molecule is CCc1c(Br)c(F)cc(C(=O)OC)c1NC1CC1. The second kappa shape index (κ2) is 5.26. The van der Waals surface area contributed by atoms with Crippen LogP contribution in [-0.4, -0.2) is 19.1 Å². The van der Waals surface area contributed by atoms with Crippen LogP contribution in [0.5, 0.6) is 0 Å². The lowest BCUT2D eigenvalue weighted by molar-refractivity contribution is 0.0601. The van der Waals surface area contributed by atoms with E-state index in [1.54, 1.807) is 0 Å². The van der Waals surface area contributed by atoms with Crippen LogP contribution in [0.3, 0.4) is 0 Å². The second-order valence-electron chi connectivity index (χ2n) is 4.34. The molecule has 1 N–H and O–H groups in total. The van der Waals surface area contributed by atoms with Crippen molar-refractivity contribution in [1.82, 2.24) is 0 Å². The van der Waals surface area contributed by atoms with Crippen molar-refractivity contribution in [2.24, 2.45) is 0 Å². The van der Waals surface area contributed by atoms with Crippen LogP contribution in [0.15, 0.2) is 10.5 Å². The van der Waals surface area contributed by atoms with Gasteiger partial charge < -0.3 is 10.1 Å². The summed E-state index contributed by atoms with van der Waals surface area (Å²) in [6.45, 7) is 1.93. The number of halogens is 2. The summed E-state index contributed by atoms with van der Waals surface area (Å²) < 4.78 is 18.9. The van der Waals surface area contributed by atoms with Gasteiger partial charge in [-0.25, -0.2) is 9.18 Å². The Morgan fingerprint density at radius 2 is 2.28 bits per heavy atom. The Kier molecular flexibility index (Phi) is 3.90. The number of rotatable bonds is 4. The highest BCUT2D eigenvalue weighted by Gasteiger charge is 2.27. The second-order valence-corrected chi connectivity index (χ2v) is 5.13. The monoisotopic (exact) mass is 315 g/mol. The molecule has 1 aromatic carbocycles.